The maximum absolute atomic E-state index is 13.7. The SMILES string of the molecule is C[C@H]1CN(C(=O)CCC2(C)NC(=O)CC2=O)CCN1c1ccc(Cl)c(F)c1. The zero-order chi connectivity index (χ0) is 19.8. The molecular formula is C19H23ClFN3O3. The summed E-state index contributed by atoms with van der Waals surface area (Å²) in [6, 6.07) is 4.73. The van der Waals surface area contributed by atoms with Gasteiger partial charge < -0.3 is 15.1 Å². The normalized spacial score (nSPS) is 25.7. The largest absolute Gasteiger partial charge is 0.365 e. The number of carbonyl (C=O) groups excluding carboxylic acids is 3. The Kier molecular flexibility index (Phi) is 5.42. The maximum atomic E-state index is 13.7. The molecule has 2 aliphatic rings. The van der Waals surface area contributed by atoms with Crippen LogP contribution in [0.1, 0.15) is 33.1 Å². The van der Waals surface area contributed by atoms with Crippen molar-refractivity contribution in [2.24, 2.45) is 0 Å². The molecule has 2 fully saturated rings. The number of Topliss-reactive ketones (excluding diaryl/α,β-unsaturated/α-hetero) is 1. The number of anilines is 1. The molecule has 1 N–H and O–H groups in total. The Morgan fingerprint density at radius 1 is 1.37 bits per heavy atom. The van der Waals surface area contributed by atoms with Crippen molar-refractivity contribution < 1.29 is 18.8 Å². The van der Waals surface area contributed by atoms with E-state index in [1.54, 1.807) is 17.9 Å². The van der Waals surface area contributed by atoms with E-state index in [2.05, 4.69) is 5.32 Å². The standard InChI is InChI=1S/C19H23ClFN3O3/c1-12-11-23(7-8-24(12)13-3-4-14(20)15(21)9-13)18(27)5-6-19(2)16(25)10-17(26)22-19/h3-4,9,12H,5-8,10-11H2,1-2H3,(H,22,26)/t12-,19?/m0/s1. The minimum Gasteiger partial charge on any atom is -0.365 e. The van der Waals surface area contributed by atoms with Crippen LogP contribution in [0.25, 0.3) is 0 Å². The molecule has 3 rings (SSSR count). The molecule has 6 nitrogen and oxygen atoms in total. The number of hydrogen-bond donors (Lipinski definition) is 1. The lowest BCUT2D eigenvalue weighted by molar-refractivity contribution is -0.132. The first-order chi connectivity index (χ1) is 12.7. The molecule has 2 saturated heterocycles. The van der Waals surface area contributed by atoms with E-state index in [9.17, 15) is 18.8 Å². The van der Waals surface area contributed by atoms with Crippen LogP contribution in [-0.4, -0.2) is 53.7 Å². The lowest BCUT2D eigenvalue weighted by atomic mass is 9.92. The van der Waals surface area contributed by atoms with Gasteiger partial charge in [0, 0.05) is 37.8 Å². The molecule has 2 amide bonds. The molecule has 0 saturated carbocycles. The van der Waals surface area contributed by atoms with Gasteiger partial charge in [0.05, 0.1) is 17.0 Å². The van der Waals surface area contributed by atoms with Crippen molar-refractivity contribution in [2.75, 3.05) is 24.5 Å². The highest BCUT2D eigenvalue weighted by Gasteiger charge is 2.42. The Bertz CT molecular complexity index is 787. The van der Waals surface area contributed by atoms with Crippen molar-refractivity contribution in [1.82, 2.24) is 10.2 Å². The first-order valence-corrected chi connectivity index (χ1v) is 9.41. The predicted octanol–water partition coefficient (Wildman–Crippen LogP) is 2.14. The van der Waals surface area contributed by atoms with Crippen molar-refractivity contribution in [3.63, 3.8) is 0 Å². The summed E-state index contributed by atoms with van der Waals surface area (Å²) in [4.78, 5) is 39.7. The number of halogens is 2. The summed E-state index contributed by atoms with van der Waals surface area (Å²) in [6.45, 7) is 5.27. The van der Waals surface area contributed by atoms with E-state index in [1.165, 1.54) is 12.1 Å². The Morgan fingerprint density at radius 3 is 2.70 bits per heavy atom. The average molecular weight is 396 g/mol. The quantitative estimate of drug-likeness (QED) is 0.793. The van der Waals surface area contributed by atoms with E-state index in [0.29, 0.717) is 26.1 Å². The van der Waals surface area contributed by atoms with Crippen LogP contribution < -0.4 is 10.2 Å². The van der Waals surface area contributed by atoms with Crippen LogP contribution >= 0.6 is 11.6 Å². The number of nitrogens with one attached hydrogen (secondary N) is 1. The maximum Gasteiger partial charge on any atom is 0.228 e. The molecule has 8 heteroatoms. The van der Waals surface area contributed by atoms with Gasteiger partial charge in [-0.1, -0.05) is 11.6 Å². The molecular weight excluding hydrogens is 373 g/mol. The van der Waals surface area contributed by atoms with E-state index in [1.807, 2.05) is 11.8 Å². The molecule has 27 heavy (non-hydrogen) atoms. The third kappa shape index (κ3) is 4.08. The molecule has 2 heterocycles. The van der Waals surface area contributed by atoms with Gasteiger partial charge >= 0.3 is 0 Å². The minimum atomic E-state index is -0.943. The smallest absolute Gasteiger partial charge is 0.228 e. The Morgan fingerprint density at radius 2 is 2.11 bits per heavy atom. The van der Waals surface area contributed by atoms with E-state index in [4.69, 9.17) is 11.6 Å². The number of benzene rings is 1. The van der Waals surface area contributed by atoms with Crippen molar-refractivity contribution in [3.8, 4) is 0 Å². The number of nitrogens with zero attached hydrogens (tertiary/aromatic N) is 2. The molecule has 1 unspecified atom stereocenters. The van der Waals surface area contributed by atoms with E-state index < -0.39 is 11.4 Å². The number of hydrogen-bond acceptors (Lipinski definition) is 4. The van der Waals surface area contributed by atoms with Crippen LogP contribution in [0, 0.1) is 5.82 Å². The zero-order valence-corrected chi connectivity index (χ0v) is 16.2. The molecule has 0 spiro atoms. The van der Waals surface area contributed by atoms with Gasteiger partial charge in [0.25, 0.3) is 0 Å². The topological polar surface area (TPSA) is 69.7 Å². The second kappa shape index (κ2) is 7.46. The summed E-state index contributed by atoms with van der Waals surface area (Å²) in [5, 5.41) is 2.76. The van der Waals surface area contributed by atoms with Crippen molar-refractivity contribution >= 4 is 34.9 Å². The molecule has 2 atom stereocenters. The fourth-order valence-electron chi connectivity index (χ4n) is 3.71. The molecule has 1 aromatic carbocycles. The third-order valence-electron chi connectivity index (χ3n) is 5.41. The summed E-state index contributed by atoms with van der Waals surface area (Å²) >= 11 is 5.74. The van der Waals surface area contributed by atoms with Crippen LogP contribution in [0.4, 0.5) is 10.1 Å². The lowest BCUT2D eigenvalue weighted by Crippen LogP contribution is -2.54. The van der Waals surface area contributed by atoms with Crippen molar-refractivity contribution in [3.05, 3.63) is 29.0 Å². The van der Waals surface area contributed by atoms with Crippen LogP contribution in [0.5, 0.6) is 0 Å². The number of piperazine rings is 1. The van der Waals surface area contributed by atoms with Gasteiger partial charge in [-0.2, -0.15) is 0 Å². The fourth-order valence-corrected chi connectivity index (χ4v) is 3.83. The van der Waals surface area contributed by atoms with Crippen molar-refractivity contribution in [1.29, 1.82) is 0 Å². The molecule has 0 aliphatic carbocycles. The first-order valence-electron chi connectivity index (χ1n) is 9.03. The number of carbonyl (C=O) groups is 3. The summed E-state index contributed by atoms with van der Waals surface area (Å²) in [7, 11) is 0. The van der Waals surface area contributed by atoms with Gasteiger partial charge in [0.1, 0.15) is 5.82 Å². The Balaban J connectivity index is 1.57. The second-order valence-corrected chi connectivity index (χ2v) is 7.87. The summed E-state index contributed by atoms with van der Waals surface area (Å²) in [5.41, 5.74) is -0.204. The molecule has 1 aromatic rings. The lowest BCUT2D eigenvalue weighted by Gasteiger charge is -2.41. The summed E-state index contributed by atoms with van der Waals surface area (Å²) in [6.07, 6.45) is 0.385. The highest BCUT2D eigenvalue weighted by atomic mass is 35.5. The monoisotopic (exact) mass is 395 g/mol. The van der Waals surface area contributed by atoms with Gasteiger partial charge in [0.2, 0.25) is 11.8 Å². The van der Waals surface area contributed by atoms with E-state index >= 15 is 0 Å². The fraction of sp³-hybridized carbons (Fsp3) is 0.526. The number of rotatable bonds is 4. The van der Waals surface area contributed by atoms with Gasteiger partial charge in [0.15, 0.2) is 5.78 Å². The second-order valence-electron chi connectivity index (χ2n) is 7.46. The Hall–Kier alpha value is -2.15. The molecule has 0 aromatic heterocycles. The summed E-state index contributed by atoms with van der Waals surface area (Å²) in [5.74, 6) is -0.953. The summed E-state index contributed by atoms with van der Waals surface area (Å²) < 4.78 is 13.7. The van der Waals surface area contributed by atoms with E-state index in [0.717, 1.165) is 5.69 Å². The molecule has 146 valence electrons. The third-order valence-corrected chi connectivity index (χ3v) is 5.71. The first kappa shape index (κ1) is 19.6. The highest BCUT2D eigenvalue weighted by molar-refractivity contribution is 6.30. The Labute approximate surface area is 162 Å². The molecule has 0 radical (unpaired) electrons. The van der Waals surface area contributed by atoms with Crippen LogP contribution in [-0.2, 0) is 14.4 Å². The molecule has 0 bridgehead atoms. The van der Waals surface area contributed by atoms with Crippen LogP contribution in [0.3, 0.4) is 0 Å². The van der Waals surface area contributed by atoms with Crippen LogP contribution in [0.2, 0.25) is 5.02 Å². The number of ketones is 1. The van der Waals surface area contributed by atoms with Crippen LogP contribution in [0.15, 0.2) is 18.2 Å². The predicted molar refractivity (Wildman–Crippen MR) is 100 cm³/mol. The number of amides is 2. The van der Waals surface area contributed by atoms with Gasteiger partial charge in [-0.3, -0.25) is 14.4 Å². The zero-order valence-electron chi connectivity index (χ0n) is 15.4. The molecule has 2 aliphatic heterocycles. The van der Waals surface area contributed by atoms with Gasteiger partial charge in [-0.15, -0.1) is 0 Å². The van der Waals surface area contributed by atoms with Gasteiger partial charge in [-0.05, 0) is 38.5 Å². The van der Waals surface area contributed by atoms with Gasteiger partial charge in [-0.25, -0.2) is 4.39 Å². The van der Waals surface area contributed by atoms with E-state index in [-0.39, 0.29) is 41.5 Å². The average Bonchev–Trinajstić information content (AvgIpc) is 2.87. The highest BCUT2D eigenvalue weighted by Crippen LogP contribution is 2.26. The minimum absolute atomic E-state index is 0.0201. The van der Waals surface area contributed by atoms with Crippen molar-refractivity contribution in [2.45, 2.75) is 44.7 Å².